The lowest BCUT2D eigenvalue weighted by Crippen LogP contribution is -2.54. The Kier molecular flexibility index (Phi) is 7.86. The van der Waals surface area contributed by atoms with Crippen molar-refractivity contribution in [1.82, 2.24) is 10.2 Å². The zero-order valence-electron chi connectivity index (χ0n) is 17.1. The van der Waals surface area contributed by atoms with Crippen LogP contribution < -0.4 is 10.6 Å². The van der Waals surface area contributed by atoms with E-state index in [1.165, 1.54) is 0 Å². The van der Waals surface area contributed by atoms with Gasteiger partial charge in [-0.2, -0.15) is 0 Å². The highest BCUT2D eigenvalue weighted by Gasteiger charge is 2.34. The van der Waals surface area contributed by atoms with E-state index < -0.39 is 24.1 Å². The third kappa shape index (κ3) is 6.19. The van der Waals surface area contributed by atoms with Crippen LogP contribution in [0.15, 0.2) is 48.5 Å². The van der Waals surface area contributed by atoms with E-state index in [-0.39, 0.29) is 26.3 Å². The summed E-state index contributed by atoms with van der Waals surface area (Å²) in [6, 6.07) is 13.9. The molecule has 0 bridgehead atoms. The van der Waals surface area contributed by atoms with Gasteiger partial charge in [-0.1, -0.05) is 48.9 Å². The van der Waals surface area contributed by atoms with Gasteiger partial charge in [-0.25, -0.2) is 9.59 Å². The minimum absolute atomic E-state index is 0.111. The second-order valence-corrected chi connectivity index (χ2v) is 7.28. The molecule has 1 aliphatic rings. The van der Waals surface area contributed by atoms with Gasteiger partial charge in [0.25, 0.3) is 5.91 Å². The number of urea groups is 1. The Balaban J connectivity index is 1.48. The summed E-state index contributed by atoms with van der Waals surface area (Å²) < 4.78 is 10.5. The number of halogens is 1. The molecule has 0 saturated carbocycles. The number of ether oxygens (including phenoxy) is 2. The first-order chi connectivity index (χ1) is 15.0. The standard InChI is InChI=1S/C22H24ClN3O5/c1-2-15-7-9-17(10-8-15)25-22(29)31-14-19-20(27)26(11-12-30-19)21(28)24-13-16-5-3-4-6-18(16)23/h3-10,19H,2,11-14H2,1H3,(H,24,28)(H,25,29). The summed E-state index contributed by atoms with van der Waals surface area (Å²) in [6.07, 6.45) is -0.858. The number of aryl methyl sites for hydroxylation is 1. The molecule has 1 aliphatic heterocycles. The molecule has 1 atom stereocenters. The molecule has 9 heteroatoms. The number of amides is 4. The summed E-state index contributed by atoms with van der Waals surface area (Å²) in [5, 5.41) is 5.79. The number of anilines is 1. The maximum atomic E-state index is 12.6. The molecule has 1 fully saturated rings. The molecule has 31 heavy (non-hydrogen) atoms. The molecule has 0 aromatic heterocycles. The molecule has 1 saturated heterocycles. The smallest absolute Gasteiger partial charge is 0.411 e. The summed E-state index contributed by atoms with van der Waals surface area (Å²) in [5.74, 6) is -0.567. The van der Waals surface area contributed by atoms with Gasteiger partial charge in [0, 0.05) is 17.3 Å². The van der Waals surface area contributed by atoms with Crippen LogP contribution >= 0.6 is 11.6 Å². The van der Waals surface area contributed by atoms with Gasteiger partial charge in [-0.15, -0.1) is 0 Å². The summed E-state index contributed by atoms with van der Waals surface area (Å²) >= 11 is 6.08. The van der Waals surface area contributed by atoms with Crippen molar-refractivity contribution in [2.75, 3.05) is 25.1 Å². The van der Waals surface area contributed by atoms with Crippen molar-refractivity contribution in [1.29, 1.82) is 0 Å². The summed E-state index contributed by atoms with van der Waals surface area (Å²) in [7, 11) is 0. The monoisotopic (exact) mass is 445 g/mol. The fourth-order valence-corrected chi connectivity index (χ4v) is 3.20. The van der Waals surface area contributed by atoms with E-state index in [0.717, 1.165) is 22.4 Å². The molecule has 8 nitrogen and oxygen atoms in total. The number of nitrogens with one attached hydrogen (secondary N) is 2. The molecule has 0 radical (unpaired) electrons. The topological polar surface area (TPSA) is 97.0 Å². The first-order valence-corrected chi connectivity index (χ1v) is 10.3. The van der Waals surface area contributed by atoms with Gasteiger partial charge in [0.2, 0.25) is 0 Å². The Morgan fingerprint density at radius 3 is 2.65 bits per heavy atom. The van der Waals surface area contributed by atoms with Crippen molar-refractivity contribution >= 4 is 35.3 Å². The Bertz CT molecular complexity index is 935. The molecule has 0 aliphatic carbocycles. The van der Waals surface area contributed by atoms with Crippen molar-refractivity contribution in [3.8, 4) is 0 Å². The molecular formula is C22H24ClN3O5. The number of hydrogen-bond acceptors (Lipinski definition) is 5. The highest BCUT2D eigenvalue weighted by atomic mass is 35.5. The fraction of sp³-hybridized carbons (Fsp3) is 0.318. The molecule has 4 amide bonds. The van der Waals surface area contributed by atoms with Crippen LogP contribution in [0.4, 0.5) is 15.3 Å². The van der Waals surface area contributed by atoms with Crippen molar-refractivity contribution in [2.24, 2.45) is 0 Å². The van der Waals surface area contributed by atoms with Crippen molar-refractivity contribution < 1.29 is 23.9 Å². The average molecular weight is 446 g/mol. The number of morpholine rings is 1. The first kappa shape index (κ1) is 22.6. The Hall–Kier alpha value is -3.10. The minimum atomic E-state index is -1.05. The van der Waals surface area contributed by atoms with Crippen LogP contribution in [0.3, 0.4) is 0 Å². The van der Waals surface area contributed by atoms with Gasteiger partial charge in [-0.3, -0.25) is 15.0 Å². The third-order valence-electron chi connectivity index (χ3n) is 4.78. The predicted octanol–water partition coefficient (Wildman–Crippen LogP) is 3.59. The number of carbonyl (C=O) groups is 3. The molecule has 1 unspecified atom stereocenters. The lowest BCUT2D eigenvalue weighted by atomic mass is 10.1. The number of rotatable bonds is 6. The molecule has 0 spiro atoms. The second kappa shape index (κ2) is 10.8. The van der Waals surface area contributed by atoms with E-state index in [9.17, 15) is 14.4 Å². The lowest BCUT2D eigenvalue weighted by Gasteiger charge is -2.30. The number of carbonyl (C=O) groups excluding carboxylic acids is 3. The Labute approximate surface area is 185 Å². The van der Waals surface area contributed by atoms with E-state index in [1.807, 2.05) is 25.1 Å². The number of benzene rings is 2. The van der Waals surface area contributed by atoms with Gasteiger partial charge in [0.15, 0.2) is 6.10 Å². The average Bonchev–Trinajstić information content (AvgIpc) is 2.78. The molecule has 2 aromatic carbocycles. The Morgan fingerprint density at radius 1 is 1.19 bits per heavy atom. The SMILES string of the molecule is CCc1ccc(NC(=O)OCC2OCCN(C(=O)NCc3ccccc3Cl)C2=O)cc1. The fourth-order valence-electron chi connectivity index (χ4n) is 3.00. The van der Waals surface area contributed by atoms with E-state index in [1.54, 1.807) is 30.3 Å². The first-order valence-electron chi connectivity index (χ1n) is 9.95. The van der Waals surface area contributed by atoms with Crippen LogP contribution in [-0.2, 0) is 27.2 Å². The van der Waals surface area contributed by atoms with Gasteiger partial charge in [0.05, 0.1) is 13.2 Å². The molecule has 2 N–H and O–H groups in total. The van der Waals surface area contributed by atoms with E-state index in [2.05, 4.69) is 10.6 Å². The lowest BCUT2D eigenvalue weighted by molar-refractivity contribution is -0.151. The van der Waals surface area contributed by atoms with Crippen LogP contribution in [0.5, 0.6) is 0 Å². The summed E-state index contributed by atoms with van der Waals surface area (Å²) in [6.45, 7) is 2.19. The molecule has 164 valence electrons. The maximum absolute atomic E-state index is 12.6. The minimum Gasteiger partial charge on any atom is -0.446 e. The van der Waals surface area contributed by atoms with Crippen LogP contribution in [0, 0.1) is 0 Å². The van der Waals surface area contributed by atoms with Crippen molar-refractivity contribution in [2.45, 2.75) is 26.0 Å². The zero-order valence-corrected chi connectivity index (χ0v) is 17.9. The largest absolute Gasteiger partial charge is 0.446 e. The third-order valence-corrected chi connectivity index (χ3v) is 5.15. The maximum Gasteiger partial charge on any atom is 0.411 e. The predicted molar refractivity (Wildman–Crippen MR) is 116 cm³/mol. The van der Waals surface area contributed by atoms with Crippen LogP contribution in [-0.4, -0.2) is 48.8 Å². The van der Waals surface area contributed by atoms with Gasteiger partial charge < -0.3 is 14.8 Å². The highest BCUT2D eigenvalue weighted by molar-refractivity contribution is 6.31. The summed E-state index contributed by atoms with van der Waals surface area (Å²) in [4.78, 5) is 38.1. The molecule has 3 rings (SSSR count). The van der Waals surface area contributed by atoms with Crippen molar-refractivity contribution in [3.63, 3.8) is 0 Å². The normalized spacial score (nSPS) is 16.0. The summed E-state index contributed by atoms with van der Waals surface area (Å²) in [5.41, 5.74) is 2.47. The molecular weight excluding hydrogens is 422 g/mol. The number of hydrogen-bond donors (Lipinski definition) is 2. The van der Waals surface area contributed by atoms with E-state index >= 15 is 0 Å². The number of imide groups is 1. The Morgan fingerprint density at radius 2 is 1.94 bits per heavy atom. The van der Waals surface area contributed by atoms with Gasteiger partial charge in [0.1, 0.15) is 6.61 Å². The number of nitrogens with zero attached hydrogens (tertiary/aromatic N) is 1. The highest BCUT2D eigenvalue weighted by Crippen LogP contribution is 2.15. The van der Waals surface area contributed by atoms with Crippen molar-refractivity contribution in [3.05, 3.63) is 64.7 Å². The second-order valence-electron chi connectivity index (χ2n) is 6.87. The van der Waals surface area contributed by atoms with Crippen LogP contribution in [0.25, 0.3) is 0 Å². The zero-order chi connectivity index (χ0) is 22.2. The van der Waals surface area contributed by atoms with Crippen LogP contribution in [0.2, 0.25) is 5.02 Å². The van der Waals surface area contributed by atoms with E-state index in [4.69, 9.17) is 21.1 Å². The quantitative estimate of drug-likeness (QED) is 0.708. The molecule has 2 aromatic rings. The molecule has 1 heterocycles. The van der Waals surface area contributed by atoms with E-state index in [0.29, 0.717) is 10.7 Å². The van der Waals surface area contributed by atoms with Gasteiger partial charge in [-0.05, 0) is 35.7 Å². The van der Waals surface area contributed by atoms with Gasteiger partial charge >= 0.3 is 12.1 Å². The van der Waals surface area contributed by atoms with Crippen LogP contribution in [0.1, 0.15) is 18.1 Å².